The lowest BCUT2D eigenvalue weighted by Gasteiger charge is -2.29. The van der Waals surface area contributed by atoms with Crippen molar-refractivity contribution in [2.75, 3.05) is 31.3 Å². The molecule has 3 aromatic heterocycles. The molecule has 10 nitrogen and oxygen atoms in total. The van der Waals surface area contributed by atoms with Gasteiger partial charge in [0, 0.05) is 28.8 Å². The molecule has 1 amide bonds. The number of hydrogen-bond acceptors (Lipinski definition) is 8. The van der Waals surface area contributed by atoms with Gasteiger partial charge in [-0.15, -0.1) is 4.31 Å². The summed E-state index contributed by atoms with van der Waals surface area (Å²) in [6.45, 7) is 3.35. The Kier molecular flexibility index (Phi) is 5.85. The molecule has 2 atom stereocenters. The third-order valence-corrected chi connectivity index (χ3v) is 6.56. The summed E-state index contributed by atoms with van der Waals surface area (Å²) in [5, 5.41) is 7.04. The molecule has 1 saturated heterocycles. The third-order valence-electron chi connectivity index (χ3n) is 5.50. The maximum atomic E-state index is 12.9. The number of carbonyl (C=O) groups excluding carboxylic acids is 1. The molecule has 1 aliphatic rings. The zero-order valence-corrected chi connectivity index (χ0v) is 18.9. The number of fused-ring (bicyclic) bond motifs is 1. The van der Waals surface area contributed by atoms with Crippen LogP contribution in [0.5, 0.6) is 0 Å². The lowest BCUT2D eigenvalue weighted by molar-refractivity contribution is -0.0197. The number of benzene rings is 1. The van der Waals surface area contributed by atoms with Gasteiger partial charge in [-0.05, 0) is 30.7 Å². The molecule has 0 aliphatic carbocycles. The number of pyridine rings is 1. The standard InChI is InChI=1S/C22H22N6O4S/c1-14-6-7-15(20-25-22(32-26-20)18-13-27(33(2)30)9-10-31-18)11-16(14)24-21(29)17-12-23-19-5-3-4-8-28(17)19/h3-8,11-12,18H,9-10,13H2,1-2H3,(H,24,29). The maximum Gasteiger partial charge on any atom is 0.274 e. The highest BCUT2D eigenvalue weighted by molar-refractivity contribution is 7.88. The van der Waals surface area contributed by atoms with Gasteiger partial charge in [0.25, 0.3) is 11.8 Å². The van der Waals surface area contributed by atoms with E-state index < -0.39 is 17.5 Å². The van der Waals surface area contributed by atoms with Gasteiger partial charge in [0.05, 0.1) is 25.9 Å². The summed E-state index contributed by atoms with van der Waals surface area (Å²) in [5.41, 5.74) is 3.35. The fourth-order valence-electron chi connectivity index (χ4n) is 3.67. The highest BCUT2D eigenvalue weighted by Crippen LogP contribution is 2.27. The summed E-state index contributed by atoms with van der Waals surface area (Å²) >= 11 is -1.09. The average Bonchev–Trinajstić information content (AvgIpc) is 3.48. The minimum atomic E-state index is -1.09. The van der Waals surface area contributed by atoms with Crippen molar-refractivity contribution in [3.8, 4) is 11.4 Å². The molecule has 0 saturated carbocycles. The van der Waals surface area contributed by atoms with E-state index in [1.807, 2.05) is 37.3 Å². The first-order valence-corrected chi connectivity index (χ1v) is 11.9. The number of amides is 1. The van der Waals surface area contributed by atoms with E-state index in [1.54, 1.807) is 33.4 Å². The van der Waals surface area contributed by atoms with E-state index in [0.29, 0.717) is 54.0 Å². The van der Waals surface area contributed by atoms with E-state index in [1.165, 1.54) is 0 Å². The number of aromatic nitrogens is 4. The van der Waals surface area contributed by atoms with Crippen LogP contribution >= 0.6 is 0 Å². The topological polar surface area (TPSA) is 121 Å². The van der Waals surface area contributed by atoms with E-state index >= 15 is 0 Å². The van der Waals surface area contributed by atoms with Crippen molar-refractivity contribution >= 4 is 28.6 Å². The van der Waals surface area contributed by atoms with E-state index in [0.717, 1.165) is 5.56 Å². The third kappa shape index (κ3) is 4.35. The lowest BCUT2D eigenvalue weighted by Crippen LogP contribution is -2.41. The van der Waals surface area contributed by atoms with E-state index in [2.05, 4.69) is 20.4 Å². The minimum Gasteiger partial charge on any atom is -0.598 e. The molecule has 0 spiro atoms. The predicted octanol–water partition coefficient (Wildman–Crippen LogP) is 2.61. The zero-order chi connectivity index (χ0) is 22.9. The van der Waals surface area contributed by atoms with Crippen LogP contribution in [0.15, 0.2) is 53.3 Å². The Bertz CT molecular complexity index is 1300. The molecule has 33 heavy (non-hydrogen) atoms. The molecule has 11 heteroatoms. The molecule has 0 radical (unpaired) electrons. The van der Waals surface area contributed by atoms with E-state index in [9.17, 15) is 9.35 Å². The zero-order valence-electron chi connectivity index (χ0n) is 18.1. The van der Waals surface area contributed by atoms with Gasteiger partial charge in [0.2, 0.25) is 5.82 Å². The fraction of sp³-hybridized carbons (Fsp3) is 0.273. The molecule has 4 heterocycles. The number of nitrogens with zero attached hydrogens (tertiary/aromatic N) is 5. The van der Waals surface area contributed by atoms with Gasteiger partial charge in [-0.25, -0.2) is 4.98 Å². The Morgan fingerprint density at radius 2 is 2.18 bits per heavy atom. The molecular weight excluding hydrogens is 444 g/mol. The number of morpholine rings is 1. The van der Waals surface area contributed by atoms with Crippen LogP contribution in [0, 0.1) is 6.92 Å². The van der Waals surface area contributed by atoms with Crippen LogP contribution in [0.1, 0.15) is 28.0 Å². The van der Waals surface area contributed by atoms with Crippen molar-refractivity contribution in [2.45, 2.75) is 13.0 Å². The van der Waals surface area contributed by atoms with Crippen LogP contribution in [-0.2, 0) is 16.1 Å². The molecule has 5 rings (SSSR count). The Morgan fingerprint density at radius 1 is 1.30 bits per heavy atom. The second-order valence-electron chi connectivity index (χ2n) is 7.68. The Hall–Kier alpha value is -3.25. The van der Waals surface area contributed by atoms with Gasteiger partial charge in [0.15, 0.2) is 6.10 Å². The molecule has 1 aromatic carbocycles. The number of nitrogens with one attached hydrogen (secondary N) is 1. The Morgan fingerprint density at radius 3 is 3.03 bits per heavy atom. The van der Waals surface area contributed by atoms with Gasteiger partial charge in [-0.2, -0.15) is 4.98 Å². The summed E-state index contributed by atoms with van der Waals surface area (Å²) in [7, 11) is 0. The molecule has 1 N–H and O–H groups in total. The number of aryl methyl sites for hydroxylation is 1. The second-order valence-corrected chi connectivity index (χ2v) is 9.05. The highest BCUT2D eigenvalue weighted by Gasteiger charge is 2.31. The lowest BCUT2D eigenvalue weighted by atomic mass is 10.1. The van der Waals surface area contributed by atoms with E-state index in [4.69, 9.17) is 9.26 Å². The largest absolute Gasteiger partial charge is 0.598 e. The maximum absolute atomic E-state index is 12.9. The smallest absolute Gasteiger partial charge is 0.274 e. The molecule has 1 aliphatic heterocycles. The summed E-state index contributed by atoms with van der Waals surface area (Å²) < 4.78 is 26.5. The number of ether oxygens (including phenoxy) is 1. The van der Waals surface area contributed by atoms with Crippen LogP contribution < -0.4 is 5.32 Å². The fourth-order valence-corrected chi connectivity index (χ4v) is 4.35. The quantitative estimate of drug-likeness (QED) is 0.446. The molecule has 0 bridgehead atoms. The van der Waals surface area contributed by atoms with Crippen molar-refractivity contribution in [3.63, 3.8) is 0 Å². The van der Waals surface area contributed by atoms with Crippen LogP contribution in [0.2, 0.25) is 0 Å². The summed E-state index contributed by atoms with van der Waals surface area (Å²) in [6, 6.07) is 11.1. The van der Waals surface area contributed by atoms with Gasteiger partial charge in [0.1, 0.15) is 17.6 Å². The first-order chi connectivity index (χ1) is 16.0. The van der Waals surface area contributed by atoms with Gasteiger partial charge >= 0.3 is 0 Å². The highest BCUT2D eigenvalue weighted by atomic mass is 32.2. The Balaban J connectivity index is 1.36. The predicted molar refractivity (Wildman–Crippen MR) is 122 cm³/mol. The van der Waals surface area contributed by atoms with Crippen molar-refractivity contribution in [1.82, 2.24) is 23.8 Å². The number of anilines is 1. The number of carbonyl (C=O) groups is 1. The summed E-state index contributed by atoms with van der Waals surface area (Å²) in [6.07, 6.45) is 4.54. The first-order valence-electron chi connectivity index (χ1n) is 10.4. The summed E-state index contributed by atoms with van der Waals surface area (Å²) in [5.74, 6) is 0.441. The number of imidazole rings is 1. The minimum absolute atomic E-state index is 0.272. The van der Waals surface area contributed by atoms with Crippen LogP contribution in [-0.4, -0.2) is 60.2 Å². The van der Waals surface area contributed by atoms with Crippen LogP contribution in [0.25, 0.3) is 17.0 Å². The van der Waals surface area contributed by atoms with Crippen molar-refractivity contribution in [3.05, 3.63) is 65.9 Å². The number of hydrogen-bond donors (Lipinski definition) is 1. The molecule has 170 valence electrons. The van der Waals surface area contributed by atoms with Gasteiger partial charge in [-0.1, -0.05) is 23.4 Å². The SMILES string of the molecule is Cc1ccc(-c2noc(C3CN([S+](C)[O-])CCO3)n2)cc1NC(=O)c1cnc2ccccn12. The normalized spacial score (nSPS) is 17.8. The van der Waals surface area contributed by atoms with Gasteiger partial charge in [-0.3, -0.25) is 9.20 Å². The van der Waals surface area contributed by atoms with Crippen molar-refractivity contribution in [2.24, 2.45) is 0 Å². The molecule has 4 aromatic rings. The first kappa shape index (κ1) is 21.6. The van der Waals surface area contributed by atoms with Crippen LogP contribution in [0.3, 0.4) is 0 Å². The monoisotopic (exact) mass is 466 g/mol. The average molecular weight is 467 g/mol. The molecule has 1 fully saturated rings. The Labute approximate surface area is 192 Å². The van der Waals surface area contributed by atoms with Gasteiger partial charge < -0.3 is 19.1 Å². The number of rotatable bonds is 5. The summed E-state index contributed by atoms with van der Waals surface area (Å²) in [4.78, 5) is 21.7. The molecule has 2 unspecified atom stereocenters. The van der Waals surface area contributed by atoms with Crippen molar-refractivity contribution < 1.29 is 18.6 Å². The van der Waals surface area contributed by atoms with Crippen LogP contribution in [0.4, 0.5) is 5.69 Å². The second kappa shape index (κ2) is 8.94. The van der Waals surface area contributed by atoms with E-state index in [-0.39, 0.29) is 5.91 Å². The van der Waals surface area contributed by atoms with Crippen molar-refractivity contribution in [1.29, 1.82) is 0 Å². The molecular formula is C22H22N6O4S.